The Labute approximate surface area is 157 Å². The lowest BCUT2D eigenvalue weighted by Crippen LogP contribution is -2.58. The number of benzene rings is 1. The number of hydrogen-bond acceptors (Lipinski definition) is 6. The second-order valence-corrected chi connectivity index (χ2v) is 9.44. The van der Waals surface area contributed by atoms with Crippen molar-refractivity contribution in [1.29, 1.82) is 0 Å². The Morgan fingerprint density at radius 2 is 2.07 bits per heavy atom. The molecule has 2 atom stereocenters. The predicted octanol–water partition coefficient (Wildman–Crippen LogP) is 1.92. The highest BCUT2D eigenvalue weighted by Gasteiger charge is 2.58. The molecule has 10 heteroatoms. The van der Waals surface area contributed by atoms with Crippen LogP contribution in [0.5, 0.6) is 0 Å². The molecule has 0 aliphatic carbocycles. The summed E-state index contributed by atoms with van der Waals surface area (Å²) >= 11 is 0. The molecule has 2 aliphatic heterocycles. The highest BCUT2D eigenvalue weighted by molar-refractivity contribution is 7.90. The fourth-order valence-electron chi connectivity index (χ4n) is 3.18. The first-order valence-electron chi connectivity index (χ1n) is 8.41. The van der Waals surface area contributed by atoms with Gasteiger partial charge in [-0.1, -0.05) is 18.2 Å². The van der Waals surface area contributed by atoms with E-state index in [-0.39, 0.29) is 24.6 Å². The number of fused-ring (bicyclic) bond motifs is 1. The number of amides is 1. The number of halogens is 1. The van der Waals surface area contributed by atoms with E-state index in [0.717, 1.165) is 4.31 Å². The van der Waals surface area contributed by atoms with Crippen LogP contribution in [0.15, 0.2) is 29.3 Å². The molecular formula is C17H22FN3O5S. The van der Waals surface area contributed by atoms with E-state index in [0.29, 0.717) is 0 Å². The summed E-state index contributed by atoms with van der Waals surface area (Å²) in [6.45, 7) is 5.13. The Kier molecular flexibility index (Phi) is 4.67. The van der Waals surface area contributed by atoms with E-state index in [2.05, 4.69) is 10.3 Å². The van der Waals surface area contributed by atoms with Crippen LogP contribution in [0.4, 0.5) is 9.18 Å². The molecule has 0 spiro atoms. The quantitative estimate of drug-likeness (QED) is 0.778. The fourth-order valence-corrected chi connectivity index (χ4v) is 4.85. The van der Waals surface area contributed by atoms with Gasteiger partial charge in [0.25, 0.3) is 10.0 Å². The van der Waals surface area contributed by atoms with Crippen LogP contribution in [0.3, 0.4) is 0 Å². The van der Waals surface area contributed by atoms with Crippen LogP contribution in [0, 0.1) is 5.82 Å². The van der Waals surface area contributed by atoms with Gasteiger partial charge in [0.15, 0.2) is 0 Å². The van der Waals surface area contributed by atoms with Crippen molar-refractivity contribution in [2.24, 2.45) is 4.99 Å². The SMILES string of the molecule is CN1C(NC(=O)OC(C)(C)C)=N[C@@]2(c3ccccc3F)CCOC2S1(=O)=O. The number of guanidine groups is 1. The average Bonchev–Trinajstić information content (AvgIpc) is 2.97. The second-order valence-electron chi connectivity index (χ2n) is 7.43. The predicted molar refractivity (Wildman–Crippen MR) is 95.9 cm³/mol. The van der Waals surface area contributed by atoms with Crippen LogP contribution in [0.2, 0.25) is 0 Å². The minimum absolute atomic E-state index is 0.0925. The van der Waals surface area contributed by atoms with Crippen LogP contribution in [0.1, 0.15) is 32.8 Å². The van der Waals surface area contributed by atoms with Gasteiger partial charge < -0.3 is 9.47 Å². The van der Waals surface area contributed by atoms with Gasteiger partial charge in [-0.05, 0) is 26.8 Å². The minimum Gasteiger partial charge on any atom is -0.444 e. The number of sulfonamides is 1. The fraction of sp³-hybridized carbons (Fsp3) is 0.529. The largest absolute Gasteiger partial charge is 0.444 e. The number of ether oxygens (including phenoxy) is 2. The number of carbonyl (C=O) groups excluding carboxylic acids is 1. The standard InChI is InChI=1S/C17H22FN3O5S/c1-16(2,3)26-15(22)19-14-20-17(11-7-5-6-8-12(11)18)9-10-25-13(17)27(23,24)21(14)4/h5-8,13H,9-10H2,1-4H3,(H,19,20,22)/t13?,17-/m1/s1. The van der Waals surface area contributed by atoms with Gasteiger partial charge in [-0.25, -0.2) is 26.9 Å². The van der Waals surface area contributed by atoms with E-state index in [1.165, 1.54) is 25.2 Å². The molecule has 2 aliphatic rings. The van der Waals surface area contributed by atoms with Crippen molar-refractivity contribution in [1.82, 2.24) is 9.62 Å². The van der Waals surface area contributed by atoms with Gasteiger partial charge in [0.05, 0.1) is 6.61 Å². The zero-order chi connectivity index (χ0) is 20.0. The molecule has 2 heterocycles. The van der Waals surface area contributed by atoms with Crippen molar-refractivity contribution in [2.75, 3.05) is 13.7 Å². The Morgan fingerprint density at radius 3 is 2.70 bits per heavy atom. The average molecular weight is 399 g/mol. The molecule has 3 rings (SSSR count). The molecule has 8 nitrogen and oxygen atoms in total. The smallest absolute Gasteiger partial charge is 0.414 e. The maximum atomic E-state index is 14.5. The maximum absolute atomic E-state index is 14.5. The van der Waals surface area contributed by atoms with Crippen molar-refractivity contribution in [3.05, 3.63) is 35.6 Å². The summed E-state index contributed by atoms with van der Waals surface area (Å²) in [5, 5.41) is 2.37. The number of aliphatic imine (C=N–C) groups is 1. The topological polar surface area (TPSA) is 97.3 Å². The van der Waals surface area contributed by atoms with Crippen molar-refractivity contribution in [2.45, 2.75) is 43.8 Å². The van der Waals surface area contributed by atoms with Crippen LogP contribution < -0.4 is 5.32 Å². The molecule has 0 aromatic heterocycles. The zero-order valence-electron chi connectivity index (χ0n) is 15.5. The van der Waals surface area contributed by atoms with Gasteiger partial charge >= 0.3 is 6.09 Å². The van der Waals surface area contributed by atoms with Gasteiger partial charge in [-0.2, -0.15) is 0 Å². The van der Waals surface area contributed by atoms with Gasteiger partial charge in [0.2, 0.25) is 11.4 Å². The number of carbonyl (C=O) groups is 1. The van der Waals surface area contributed by atoms with E-state index >= 15 is 0 Å². The molecule has 1 amide bonds. The van der Waals surface area contributed by atoms with Gasteiger partial charge in [-0.3, -0.25) is 5.32 Å². The molecule has 1 aromatic carbocycles. The number of hydrogen-bond donors (Lipinski definition) is 1. The molecule has 0 radical (unpaired) electrons. The lowest BCUT2D eigenvalue weighted by Gasteiger charge is -2.39. The summed E-state index contributed by atoms with van der Waals surface area (Å²) in [4.78, 5) is 16.6. The zero-order valence-corrected chi connectivity index (χ0v) is 16.3. The van der Waals surface area contributed by atoms with Crippen LogP contribution in [-0.2, 0) is 25.0 Å². The molecule has 148 valence electrons. The first kappa shape index (κ1) is 19.6. The van der Waals surface area contributed by atoms with E-state index in [4.69, 9.17) is 9.47 Å². The second kappa shape index (κ2) is 6.45. The van der Waals surface area contributed by atoms with Crippen LogP contribution in [-0.4, -0.2) is 49.5 Å². The number of nitrogens with one attached hydrogen (secondary N) is 1. The first-order valence-corrected chi connectivity index (χ1v) is 9.92. The van der Waals surface area contributed by atoms with Gasteiger partial charge in [-0.15, -0.1) is 0 Å². The molecule has 1 N–H and O–H groups in total. The van der Waals surface area contributed by atoms with Crippen molar-refractivity contribution < 1.29 is 27.1 Å². The normalized spacial score (nSPS) is 26.9. The molecule has 1 saturated heterocycles. The van der Waals surface area contributed by atoms with Crippen molar-refractivity contribution in [3.8, 4) is 0 Å². The summed E-state index contributed by atoms with van der Waals surface area (Å²) in [6, 6.07) is 5.82. The van der Waals surface area contributed by atoms with Gasteiger partial charge in [0, 0.05) is 19.0 Å². The Bertz CT molecular complexity index is 896. The molecule has 0 bridgehead atoms. The molecule has 1 fully saturated rings. The van der Waals surface area contributed by atoms with Crippen molar-refractivity contribution >= 4 is 22.1 Å². The summed E-state index contributed by atoms with van der Waals surface area (Å²) in [7, 11) is -2.81. The van der Waals surface area contributed by atoms with Crippen LogP contribution >= 0.6 is 0 Å². The molecule has 0 saturated carbocycles. The third-order valence-corrected chi connectivity index (χ3v) is 6.35. The lowest BCUT2D eigenvalue weighted by molar-refractivity contribution is 0.0557. The summed E-state index contributed by atoms with van der Waals surface area (Å²) in [5.41, 5.74) is -3.54. The van der Waals surface area contributed by atoms with E-state index in [1.54, 1.807) is 26.8 Å². The Balaban J connectivity index is 2.09. The monoisotopic (exact) mass is 399 g/mol. The van der Waals surface area contributed by atoms with Gasteiger partial charge in [0.1, 0.15) is 17.0 Å². The summed E-state index contributed by atoms with van der Waals surface area (Å²) < 4.78 is 51.9. The third-order valence-electron chi connectivity index (χ3n) is 4.35. The minimum atomic E-state index is -4.06. The molecule has 1 unspecified atom stereocenters. The van der Waals surface area contributed by atoms with E-state index < -0.39 is 38.5 Å². The molecule has 1 aromatic rings. The van der Waals surface area contributed by atoms with Crippen LogP contribution in [0.25, 0.3) is 0 Å². The number of nitrogens with zero attached hydrogens (tertiary/aromatic N) is 2. The Morgan fingerprint density at radius 1 is 1.41 bits per heavy atom. The Hall–Kier alpha value is -2.20. The summed E-state index contributed by atoms with van der Waals surface area (Å²) in [5.74, 6) is -0.831. The number of rotatable bonds is 1. The number of alkyl carbamates (subject to hydrolysis) is 1. The first-order chi connectivity index (χ1) is 12.5. The van der Waals surface area contributed by atoms with E-state index in [1.807, 2.05) is 0 Å². The summed E-state index contributed by atoms with van der Waals surface area (Å²) in [6.07, 6.45) is -0.699. The maximum Gasteiger partial charge on any atom is 0.414 e. The van der Waals surface area contributed by atoms with Crippen molar-refractivity contribution in [3.63, 3.8) is 0 Å². The third kappa shape index (κ3) is 3.39. The van der Waals surface area contributed by atoms with E-state index in [9.17, 15) is 17.6 Å². The highest BCUT2D eigenvalue weighted by atomic mass is 32.2. The molecule has 27 heavy (non-hydrogen) atoms. The lowest BCUT2D eigenvalue weighted by atomic mass is 9.89. The molecular weight excluding hydrogens is 377 g/mol. The highest BCUT2D eigenvalue weighted by Crippen LogP contribution is 2.46.